The van der Waals surface area contributed by atoms with Gasteiger partial charge in [0, 0.05) is 18.1 Å². The lowest BCUT2D eigenvalue weighted by molar-refractivity contribution is 0.172. The van der Waals surface area contributed by atoms with Gasteiger partial charge < -0.3 is 15.2 Å². The van der Waals surface area contributed by atoms with E-state index in [1.165, 1.54) is 0 Å². The Kier molecular flexibility index (Phi) is 2.98. The Morgan fingerprint density at radius 1 is 1.42 bits per heavy atom. The van der Waals surface area contributed by atoms with Crippen LogP contribution in [0.2, 0.25) is 0 Å². The first kappa shape index (κ1) is 12.2. The third kappa shape index (κ3) is 2.21. The lowest BCUT2D eigenvalue weighted by Crippen LogP contribution is -2.23. The van der Waals surface area contributed by atoms with Gasteiger partial charge in [0.2, 0.25) is 0 Å². The number of rotatable bonds is 3. The molecule has 19 heavy (non-hydrogen) atoms. The Morgan fingerprint density at radius 2 is 2.11 bits per heavy atom. The van der Waals surface area contributed by atoms with Gasteiger partial charge in [-0.2, -0.15) is 0 Å². The Balaban J connectivity index is 2.00. The fourth-order valence-corrected chi connectivity index (χ4v) is 2.06. The highest BCUT2D eigenvalue weighted by atomic mass is 32.1. The number of aromatic nitrogens is 3. The summed E-state index contributed by atoms with van der Waals surface area (Å²) in [5.41, 5.74) is 7.31. The van der Waals surface area contributed by atoms with Gasteiger partial charge in [0.25, 0.3) is 0 Å². The van der Waals surface area contributed by atoms with E-state index < -0.39 is 0 Å². The second-order valence-electron chi connectivity index (χ2n) is 4.56. The standard InChI is InChI=1S/C12H14N4O2S/c1-7(12(13)19)6-16-9-5-11-10(17-2-3-18-11)4-8(9)14-15-16/h4-5,7H,2-3,6H2,1H3,(H2,13,19). The topological polar surface area (TPSA) is 75.2 Å². The van der Waals surface area contributed by atoms with Crippen molar-refractivity contribution in [1.82, 2.24) is 15.0 Å². The molecule has 1 aliphatic rings. The molecular weight excluding hydrogens is 264 g/mol. The third-order valence-corrected chi connectivity index (χ3v) is 3.51. The van der Waals surface area contributed by atoms with Gasteiger partial charge in [0.1, 0.15) is 18.7 Å². The number of nitrogens with two attached hydrogens (primary N) is 1. The molecule has 0 radical (unpaired) electrons. The minimum absolute atomic E-state index is 0.0631. The van der Waals surface area contributed by atoms with Gasteiger partial charge in [0.05, 0.1) is 17.0 Å². The molecule has 1 aliphatic heterocycles. The van der Waals surface area contributed by atoms with Crippen molar-refractivity contribution in [2.24, 2.45) is 11.7 Å². The minimum Gasteiger partial charge on any atom is -0.486 e. The number of ether oxygens (including phenoxy) is 2. The van der Waals surface area contributed by atoms with Crippen LogP contribution in [0.4, 0.5) is 0 Å². The number of hydrogen-bond donors (Lipinski definition) is 1. The molecule has 3 rings (SSSR count). The first-order chi connectivity index (χ1) is 9.15. The number of fused-ring (bicyclic) bond motifs is 2. The molecule has 0 fully saturated rings. The number of nitrogens with zero attached hydrogens (tertiary/aromatic N) is 3. The highest BCUT2D eigenvalue weighted by Crippen LogP contribution is 2.33. The van der Waals surface area contributed by atoms with Crippen LogP contribution in [0.3, 0.4) is 0 Å². The monoisotopic (exact) mass is 278 g/mol. The number of thiocarbonyl (C=S) groups is 1. The number of benzene rings is 1. The minimum atomic E-state index is 0.0631. The van der Waals surface area contributed by atoms with Crippen LogP contribution in [0.25, 0.3) is 11.0 Å². The van der Waals surface area contributed by atoms with Gasteiger partial charge in [-0.3, -0.25) is 0 Å². The maximum absolute atomic E-state index is 5.63. The Labute approximate surface area is 115 Å². The first-order valence-electron chi connectivity index (χ1n) is 6.07. The molecule has 1 aromatic heterocycles. The zero-order valence-corrected chi connectivity index (χ0v) is 11.3. The fourth-order valence-electron chi connectivity index (χ4n) is 1.99. The summed E-state index contributed by atoms with van der Waals surface area (Å²) >= 11 is 4.98. The van der Waals surface area contributed by atoms with Crippen molar-refractivity contribution in [1.29, 1.82) is 0 Å². The molecule has 1 atom stereocenters. The Morgan fingerprint density at radius 3 is 2.79 bits per heavy atom. The van der Waals surface area contributed by atoms with Gasteiger partial charge in [-0.25, -0.2) is 4.68 Å². The van der Waals surface area contributed by atoms with Crippen molar-refractivity contribution in [2.45, 2.75) is 13.5 Å². The van der Waals surface area contributed by atoms with Crippen LogP contribution in [-0.2, 0) is 6.54 Å². The van der Waals surface area contributed by atoms with Crippen molar-refractivity contribution >= 4 is 28.2 Å². The zero-order valence-electron chi connectivity index (χ0n) is 10.5. The molecule has 0 aliphatic carbocycles. The van der Waals surface area contributed by atoms with E-state index in [1.54, 1.807) is 4.68 Å². The predicted octanol–water partition coefficient (Wildman–Crippen LogP) is 1.12. The van der Waals surface area contributed by atoms with Crippen LogP contribution >= 0.6 is 12.2 Å². The van der Waals surface area contributed by atoms with Crippen LogP contribution in [-0.4, -0.2) is 33.2 Å². The SMILES string of the molecule is CC(Cn1nnc2cc3c(cc21)OCCO3)C(N)=S. The van der Waals surface area contributed by atoms with Crippen molar-refractivity contribution in [3.8, 4) is 11.5 Å². The van der Waals surface area contributed by atoms with E-state index in [0.717, 1.165) is 16.8 Å². The molecule has 100 valence electrons. The van der Waals surface area contributed by atoms with E-state index in [9.17, 15) is 0 Å². The lowest BCUT2D eigenvalue weighted by atomic mass is 10.2. The molecule has 1 aromatic carbocycles. The predicted molar refractivity (Wildman–Crippen MR) is 74.5 cm³/mol. The molecular formula is C12H14N4O2S. The highest BCUT2D eigenvalue weighted by molar-refractivity contribution is 7.80. The fraction of sp³-hybridized carbons (Fsp3) is 0.417. The molecule has 0 spiro atoms. The normalized spacial score (nSPS) is 15.4. The summed E-state index contributed by atoms with van der Waals surface area (Å²) in [6, 6.07) is 3.74. The van der Waals surface area contributed by atoms with E-state index in [-0.39, 0.29) is 5.92 Å². The maximum Gasteiger partial charge on any atom is 0.163 e. The number of hydrogen-bond acceptors (Lipinski definition) is 5. The molecule has 0 amide bonds. The van der Waals surface area contributed by atoms with Crippen LogP contribution in [0.1, 0.15) is 6.92 Å². The Bertz CT molecular complexity index is 640. The van der Waals surface area contributed by atoms with E-state index in [0.29, 0.717) is 30.5 Å². The van der Waals surface area contributed by atoms with Crippen molar-refractivity contribution < 1.29 is 9.47 Å². The second kappa shape index (κ2) is 4.65. The van der Waals surface area contributed by atoms with Crippen molar-refractivity contribution in [2.75, 3.05) is 13.2 Å². The molecule has 0 bridgehead atoms. The van der Waals surface area contributed by atoms with Crippen molar-refractivity contribution in [3.63, 3.8) is 0 Å². The lowest BCUT2D eigenvalue weighted by Gasteiger charge is -2.18. The summed E-state index contributed by atoms with van der Waals surface area (Å²) in [5, 5.41) is 8.26. The van der Waals surface area contributed by atoms with Gasteiger partial charge in [-0.1, -0.05) is 24.4 Å². The molecule has 7 heteroatoms. The quantitative estimate of drug-likeness (QED) is 0.848. The summed E-state index contributed by atoms with van der Waals surface area (Å²) in [5.74, 6) is 1.51. The molecule has 2 N–H and O–H groups in total. The van der Waals surface area contributed by atoms with Gasteiger partial charge >= 0.3 is 0 Å². The van der Waals surface area contributed by atoms with Crippen LogP contribution < -0.4 is 15.2 Å². The summed E-state index contributed by atoms with van der Waals surface area (Å²) in [4.78, 5) is 0.473. The third-order valence-electron chi connectivity index (χ3n) is 3.11. The van der Waals surface area contributed by atoms with Crippen LogP contribution in [0, 0.1) is 5.92 Å². The van der Waals surface area contributed by atoms with Crippen molar-refractivity contribution in [3.05, 3.63) is 12.1 Å². The molecule has 6 nitrogen and oxygen atoms in total. The van der Waals surface area contributed by atoms with E-state index >= 15 is 0 Å². The smallest absolute Gasteiger partial charge is 0.163 e. The molecule has 0 saturated heterocycles. The molecule has 2 aromatic rings. The molecule has 0 saturated carbocycles. The van der Waals surface area contributed by atoms with Gasteiger partial charge in [0.15, 0.2) is 11.5 Å². The average molecular weight is 278 g/mol. The highest BCUT2D eigenvalue weighted by Gasteiger charge is 2.17. The van der Waals surface area contributed by atoms with Gasteiger partial charge in [-0.05, 0) is 0 Å². The molecule has 2 heterocycles. The van der Waals surface area contributed by atoms with Crippen LogP contribution in [0.5, 0.6) is 11.5 Å². The zero-order chi connectivity index (χ0) is 13.4. The average Bonchev–Trinajstić information content (AvgIpc) is 2.78. The van der Waals surface area contributed by atoms with E-state index in [1.807, 2.05) is 19.1 Å². The first-order valence-corrected chi connectivity index (χ1v) is 6.48. The van der Waals surface area contributed by atoms with Gasteiger partial charge in [-0.15, -0.1) is 5.10 Å². The van der Waals surface area contributed by atoms with E-state index in [4.69, 9.17) is 27.4 Å². The second-order valence-corrected chi connectivity index (χ2v) is 5.03. The van der Waals surface area contributed by atoms with Crippen LogP contribution in [0.15, 0.2) is 12.1 Å². The Hall–Kier alpha value is -1.89. The summed E-state index contributed by atoms with van der Waals surface area (Å²) in [7, 11) is 0. The van der Waals surface area contributed by atoms with E-state index in [2.05, 4.69) is 10.3 Å². The molecule has 1 unspecified atom stereocenters. The largest absolute Gasteiger partial charge is 0.486 e. The summed E-state index contributed by atoms with van der Waals surface area (Å²) < 4.78 is 12.9. The summed E-state index contributed by atoms with van der Waals surface area (Å²) in [6.07, 6.45) is 0. The summed E-state index contributed by atoms with van der Waals surface area (Å²) in [6.45, 7) is 3.69. The maximum atomic E-state index is 5.63.